The Morgan fingerprint density at radius 1 is 1.18 bits per heavy atom. The van der Waals surface area contributed by atoms with E-state index in [0.717, 1.165) is 17.5 Å². The molecule has 2 aromatic carbocycles. The van der Waals surface area contributed by atoms with E-state index >= 15 is 0 Å². The van der Waals surface area contributed by atoms with Crippen LogP contribution in [0, 0.1) is 0 Å². The van der Waals surface area contributed by atoms with Crippen molar-refractivity contribution >= 4 is 41.2 Å². The molecule has 0 amide bonds. The highest BCUT2D eigenvalue weighted by Crippen LogP contribution is 2.44. The number of hydrogen-bond acceptors (Lipinski definition) is 7. The largest absolute Gasteiger partial charge is 0.496 e. The van der Waals surface area contributed by atoms with E-state index < -0.39 is 11.0 Å². The zero-order valence-corrected chi connectivity index (χ0v) is 16.3. The van der Waals surface area contributed by atoms with Crippen molar-refractivity contribution in [3.05, 3.63) is 53.1 Å². The normalized spacial score (nSPS) is 17.2. The molecule has 1 heterocycles. The average molecular weight is 400 g/mol. The number of nitrogens with one attached hydrogen (secondary N) is 2. The van der Waals surface area contributed by atoms with Crippen molar-refractivity contribution in [1.29, 1.82) is 0 Å². The number of carbonyl (C=O) groups excluding carboxylic acids is 2. The number of thioether (sulfide) groups is 1. The Hall–Kier alpha value is -3.00. The Bertz CT molecular complexity index is 946. The minimum atomic E-state index is -0.993. The quantitative estimate of drug-likeness (QED) is 0.456. The van der Waals surface area contributed by atoms with Gasteiger partial charge >= 0.3 is 5.97 Å². The van der Waals surface area contributed by atoms with Crippen molar-refractivity contribution in [3.8, 4) is 5.75 Å². The van der Waals surface area contributed by atoms with Gasteiger partial charge < -0.3 is 20.5 Å². The van der Waals surface area contributed by atoms with E-state index in [1.807, 2.05) is 0 Å². The first kappa shape index (κ1) is 19.8. The third-order valence-electron chi connectivity index (χ3n) is 4.41. The summed E-state index contributed by atoms with van der Waals surface area (Å²) in [6, 6.07) is 10.3. The lowest BCUT2D eigenvalue weighted by Gasteiger charge is -2.29. The van der Waals surface area contributed by atoms with E-state index in [9.17, 15) is 19.5 Å². The molecule has 1 unspecified atom stereocenters. The smallest absolute Gasteiger partial charge is 0.308 e. The summed E-state index contributed by atoms with van der Waals surface area (Å²) in [5.74, 6) is 0.00805. The molecule has 3 rings (SSSR count). The summed E-state index contributed by atoms with van der Waals surface area (Å²) >= 11 is 1.35. The van der Waals surface area contributed by atoms with Crippen LogP contribution in [-0.4, -0.2) is 35.2 Å². The predicted octanol–water partition coefficient (Wildman–Crippen LogP) is 3.61. The summed E-state index contributed by atoms with van der Waals surface area (Å²) in [5.41, 5.74) is 3.25. The summed E-state index contributed by atoms with van der Waals surface area (Å²) in [6.07, 6.45) is 0.544. The van der Waals surface area contributed by atoms with Gasteiger partial charge in [-0.2, -0.15) is 0 Å². The fraction of sp³-hybridized carbons (Fsp3) is 0.250. The molecule has 0 bridgehead atoms. The number of hydrogen-bond donors (Lipinski definition) is 3. The van der Waals surface area contributed by atoms with Gasteiger partial charge in [-0.25, -0.2) is 0 Å². The van der Waals surface area contributed by atoms with Crippen LogP contribution in [0.2, 0.25) is 0 Å². The number of rotatable bonds is 8. The highest BCUT2D eigenvalue weighted by molar-refractivity contribution is 8.00. The zero-order valence-electron chi connectivity index (χ0n) is 15.4. The van der Waals surface area contributed by atoms with Crippen LogP contribution < -0.4 is 15.4 Å². The number of benzene rings is 2. The van der Waals surface area contributed by atoms with Crippen LogP contribution >= 0.6 is 11.8 Å². The number of carboxylic acid groups (broad SMARTS) is 1. The number of Topliss-reactive ketones (excluding diaryl/α,β-unsaturated/α-hetero) is 1. The van der Waals surface area contributed by atoms with Gasteiger partial charge in [0.1, 0.15) is 12.0 Å². The molecule has 1 atom stereocenters. The number of aldehydes is 1. The number of carboxylic acids is 1. The lowest BCUT2D eigenvalue weighted by molar-refractivity contribution is -0.137. The molecule has 146 valence electrons. The molecule has 0 fully saturated rings. The highest BCUT2D eigenvalue weighted by Gasteiger charge is 2.39. The predicted molar refractivity (Wildman–Crippen MR) is 108 cm³/mol. The third-order valence-corrected chi connectivity index (χ3v) is 5.71. The monoisotopic (exact) mass is 400 g/mol. The van der Waals surface area contributed by atoms with Crippen LogP contribution in [0.4, 0.5) is 11.4 Å². The Morgan fingerprint density at radius 2 is 1.93 bits per heavy atom. The molecule has 2 aromatic rings. The van der Waals surface area contributed by atoms with Crippen molar-refractivity contribution in [1.82, 2.24) is 0 Å². The molecule has 28 heavy (non-hydrogen) atoms. The molecular weight excluding hydrogens is 380 g/mol. The molecular formula is C20H20N2O5S. The Labute approximate surface area is 166 Å². The van der Waals surface area contributed by atoms with Crippen molar-refractivity contribution in [3.63, 3.8) is 0 Å². The summed E-state index contributed by atoms with van der Waals surface area (Å²) in [5, 5.41) is 15.8. The van der Waals surface area contributed by atoms with Gasteiger partial charge in [-0.3, -0.25) is 14.4 Å². The van der Waals surface area contributed by atoms with Crippen LogP contribution in [0.3, 0.4) is 0 Å². The van der Waals surface area contributed by atoms with Gasteiger partial charge in [0.15, 0.2) is 10.8 Å². The summed E-state index contributed by atoms with van der Waals surface area (Å²) in [6.45, 7) is 1.49. The van der Waals surface area contributed by atoms with Gasteiger partial charge in [0.2, 0.25) is 0 Å². The number of carbonyl (C=O) groups is 3. The SMILES string of the molecule is COc1ccc(C(C)=O)cc1CSC1(CC(=O)O)Nc2ccc(C=O)cc2N1. The van der Waals surface area contributed by atoms with Crippen molar-refractivity contribution in [2.75, 3.05) is 17.7 Å². The summed E-state index contributed by atoms with van der Waals surface area (Å²) in [4.78, 5) is 33.2. The topological polar surface area (TPSA) is 105 Å². The lowest BCUT2D eigenvalue weighted by atomic mass is 10.1. The molecule has 1 aliphatic heterocycles. The highest BCUT2D eigenvalue weighted by atomic mass is 32.2. The van der Waals surface area contributed by atoms with Gasteiger partial charge in [-0.05, 0) is 43.3 Å². The first-order valence-electron chi connectivity index (χ1n) is 8.55. The molecule has 1 aliphatic rings. The second-order valence-corrected chi connectivity index (χ2v) is 7.72. The van der Waals surface area contributed by atoms with Crippen LogP contribution in [-0.2, 0) is 10.5 Å². The summed E-state index contributed by atoms with van der Waals surface area (Å²) in [7, 11) is 1.55. The number of ether oxygens (including phenoxy) is 1. The maximum atomic E-state index is 11.7. The molecule has 0 aromatic heterocycles. The molecule has 0 radical (unpaired) electrons. The van der Waals surface area contributed by atoms with E-state index in [1.165, 1.54) is 18.7 Å². The van der Waals surface area contributed by atoms with E-state index in [4.69, 9.17) is 4.74 Å². The minimum Gasteiger partial charge on any atom is -0.496 e. The second kappa shape index (κ2) is 7.93. The molecule has 0 aliphatic carbocycles. The zero-order chi connectivity index (χ0) is 20.3. The Balaban J connectivity index is 1.87. The first-order valence-corrected chi connectivity index (χ1v) is 9.53. The van der Waals surface area contributed by atoms with Gasteiger partial charge in [0.05, 0.1) is 24.9 Å². The van der Waals surface area contributed by atoms with Gasteiger partial charge in [0.25, 0.3) is 0 Å². The Kier molecular flexibility index (Phi) is 5.60. The maximum Gasteiger partial charge on any atom is 0.308 e. The number of fused-ring (bicyclic) bond motifs is 1. The minimum absolute atomic E-state index is 0.0555. The number of ketones is 1. The van der Waals surface area contributed by atoms with Crippen molar-refractivity contribution < 1.29 is 24.2 Å². The van der Waals surface area contributed by atoms with Gasteiger partial charge in [0, 0.05) is 22.4 Å². The van der Waals surface area contributed by atoms with E-state index in [0.29, 0.717) is 28.3 Å². The second-order valence-electron chi connectivity index (χ2n) is 6.44. The lowest BCUT2D eigenvalue weighted by Crippen LogP contribution is -2.40. The van der Waals surface area contributed by atoms with Crippen molar-refractivity contribution in [2.45, 2.75) is 24.1 Å². The van der Waals surface area contributed by atoms with Crippen LogP contribution in [0.25, 0.3) is 0 Å². The number of anilines is 2. The van der Waals surface area contributed by atoms with Gasteiger partial charge in [-0.15, -0.1) is 11.8 Å². The third kappa shape index (κ3) is 4.12. The average Bonchev–Trinajstić information content (AvgIpc) is 3.02. The Morgan fingerprint density at radius 3 is 2.57 bits per heavy atom. The fourth-order valence-corrected chi connectivity index (χ4v) is 4.27. The van der Waals surface area contributed by atoms with Crippen molar-refractivity contribution in [2.24, 2.45) is 0 Å². The van der Waals surface area contributed by atoms with Crippen LogP contribution in [0.15, 0.2) is 36.4 Å². The maximum absolute atomic E-state index is 11.7. The molecule has 3 N–H and O–H groups in total. The summed E-state index contributed by atoms with van der Waals surface area (Å²) < 4.78 is 5.38. The van der Waals surface area contributed by atoms with E-state index in [-0.39, 0.29) is 12.2 Å². The molecule has 8 heteroatoms. The molecule has 0 saturated heterocycles. The standard InChI is InChI=1S/C20H20N2O5S/c1-12(24)14-4-6-18(27-2)15(8-14)11-28-20(9-19(25)26)21-16-5-3-13(10-23)7-17(16)22-20/h3-8,10,21-22H,9,11H2,1-2H3,(H,25,26). The fourth-order valence-electron chi connectivity index (χ4n) is 3.05. The number of aliphatic carboxylic acids is 1. The molecule has 7 nitrogen and oxygen atoms in total. The van der Waals surface area contributed by atoms with Gasteiger partial charge in [-0.1, -0.05) is 0 Å². The molecule has 0 saturated carbocycles. The first-order chi connectivity index (χ1) is 13.4. The van der Waals surface area contributed by atoms with E-state index in [2.05, 4.69) is 10.6 Å². The number of methoxy groups -OCH3 is 1. The molecule has 0 spiro atoms. The van der Waals surface area contributed by atoms with Crippen LogP contribution in [0.1, 0.15) is 39.6 Å². The van der Waals surface area contributed by atoms with E-state index in [1.54, 1.807) is 43.5 Å². The van der Waals surface area contributed by atoms with Crippen LogP contribution in [0.5, 0.6) is 5.75 Å².